The molecular formula is C8H15IMg. The van der Waals surface area contributed by atoms with Crippen molar-refractivity contribution in [3.8, 4) is 0 Å². The van der Waals surface area contributed by atoms with Gasteiger partial charge in [0.2, 0.25) is 0 Å². The van der Waals surface area contributed by atoms with Crippen molar-refractivity contribution in [1.29, 1.82) is 0 Å². The van der Waals surface area contributed by atoms with E-state index >= 15 is 0 Å². The fourth-order valence-electron chi connectivity index (χ4n) is 1.76. The summed E-state index contributed by atoms with van der Waals surface area (Å²) in [5.74, 6) is 1.11. The van der Waals surface area contributed by atoms with Gasteiger partial charge in [0.1, 0.15) is 0 Å². The maximum atomic E-state index is 2.12. The minimum absolute atomic E-state index is 0. The van der Waals surface area contributed by atoms with E-state index in [-0.39, 0.29) is 24.0 Å². The molecule has 2 heteroatoms. The summed E-state index contributed by atoms with van der Waals surface area (Å²) in [4.78, 5) is 0. The molecule has 0 unspecified atom stereocenters. The molecule has 0 amide bonds. The average Bonchev–Trinajstić information content (AvgIpc) is 1.91. The van der Waals surface area contributed by atoms with E-state index < -0.39 is 0 Å². The van der Waals surface area contributed by atoms with Gasteiger partial charge in [0.15, 0.2) is 0 Å². The standard InChI is InChI=1S/C8H15.HI.Mg/c1-2-8-6-4-3-5-7-8;;/h8H,1-7H2;1H;/q;;+1/p-1. The van der Waals surface area contributed by atoms with Gasteiger partial charge in [-0.3, -0.25) is 0 Å². The predicted molar refractivity (Wildman–Crippen MR) is 41.8 cm³/mol. The van der Waals surface area contributed by atoms with Gasteiger partial charge >= 0.3 is 70.7 Å². The van der Waals surface area contributed by atoms with Crippen LogP contribution >= 0.6 is 0 Å². The molecular weight excluding hydrogens is 247 g/mol. The van der Waals surface area contributed by atoms with Crippen LogP contribution in [0.5, 0.6) is 0 Å². The summed E-state index contributed by atoms with van der Waals surface area (Å²) in [6.45, 7) is 0. The van der Waals surface area contributed by atoms with E-state index in [1.165, 1.54) is 43.1 Å². The summed E-state index contributed by atoms with van der Waals surface area (Å²) in [5, 5.41) is 0. The van der Waals surface area contributed by atoms with Crippen molar-refractivity contribution >= 4 is 21.7 Å². The summed E-state index contributed by atoms with van der Waals surface area (Å²) in [7, 11) is 0. The molecule has 0 spiro atoms. The monoisotopic (exact) mass is 262 g/mol. The van der Waals surface area contributed by atoms with E-state index in [2.05, 4.69) is 21.7 Å². The summed E-state index contributed by atoms with van der Waals surface area (Å²) >= 11 is 2.12. The molecule has 1 aliphatic carbocycles. The first-order valence-electron chi connectivity index (χ1n) is 4.22. The van der Waals surface area contributed by atoms with Gasteiger partial charge in [-0.15, -0.1) is 0 Å². The first kappa shape index (κ1) is 11.5. The molecule has 0 atom stereocenters. The second-order valence-corrected chi connectivity index (χ2v) is 3.85. The normalized spacial score (nSPS) is 20.2. The molecule has 1 rings (SSSR count). The van der Waals surface area contributed by atoms with Crippen LogP contribution in [0.2, 0.25) is 4.55 Å². The Morgan fingerprint density at radius 2 is 1.70 bits per heavy atom. The molecule has 0 aromatic heterocycles. The third kappa shape index (κ3) is 4.39. The van der Waals surface area contributed by atoms with Crippen molar-refractivity contribution in [2.75, 3.05) is 0 Å². The number of halogens is 1. The van der Waals surface area contributed by atoms with Crippen LogP contribution in [0.25, 0.3) is 0 Å². The summed E-state index contributed by atoms with van der Waals surface area (Å²) in [6.07, 6.45) is 9.07. The Kier molecular flexibility index (Phi) is 8.23. The Morgan fingerprint density at radius 1 is 1.10 bits per heavy atom. The van der Waals surface area contributed by atoms with Crippen LogP contribution in [-0.2, 0) is 0 Å². The maximum absolute atomic E-state index is 2.12. The zero-order valence-electron chi connectivity index (χ0n) is 6.61. The first-order valence-corrected chi connectivity index (χ1v) is 5.22. The van der Waals surface area contributed by atoms with Crippen molar-refractivity contribution in [3.05, 3.63) is 0 Å². The van der Waals surface area contributed by atoms with Gasteiger partial charge in [-0.25, -0.2) is 0 Å². The first-order chi connectivity index (χ1) is 4.43. The van der Waals surface area contributed by atoms with Gasteiger partial charge in [-0.05, 0) is 0 Å². The molecule has 1 fully saturated rings. The van der Waals surface area contributed by atoms with Crippen LogP contribution < -0.4 is 24.0 Å². The molecule has 0 aliphatic heterocycles. The van der Waals surface area contributed by atoms with Crippen molar-refractivity contribution in [3.63, 3.8) is 0 Å². The van der Waals surface area contributed by atoms with Crippen LogP contribution in [0.15, 0.2) is 0 Å². The summed E-state index contributed by atoms with van der Waals surface area (Å²) in [6, 6.07) is 0. The molecule has 56 valence electrons. The van der Waals surface area contributed by atoms with E-state index in [9.17, 15) is 0 Å². The zero-order valence-corrected chi connectivity index (χ0v) is 10.2. The molecule has 0 nitrogen and oxygen atoms in total. The van der Waals surface area contributed by atoms with Crippen LogP contribution in [0.1, 0.15) is 38.5 Å². The Hall–Kier alpha value is 1.50. The molecule has 1 aliphatic rings. The Bertz CT molecular complexity index is 66.9. The Labute approximate surface area is 94.0 Å². The van der Waals surface area contributed by atoms with Gasteiger partial charge in [-0.2, -0.15) is 0 Å². The van der Waals surface area contributed by atoms with E-state index in [1.807, 2.05) is 0 Å². The number of rotatable bonds is 2. The molecule has 0 bridgehead atoms. The second kappa shape index (κ2) is 7.16. The summed E-state index contributed by atoms with van der Waals surface area (Å²) < 4.78 is 1.42. The Balaban J connectivity index is 0.000000810. The molecule has 10 heavy (non-hydrogen) atoms. The SMILES string of the molecule is [I-].[Mg+][CH2]CC1CCCCC1. The van der Waals surface area contributed by atoms with Crippen molar-refractivity contribution in [2.24, 2.45) is 5.92 Å². The molecule has 0 heterocycles. The molecule has 0 saturated heterocycles. The Morgan fingerprint density at radius 3 is 2.20 bits per heavy atom. The van der Waals surface area contributed by atoms with Gasteiger partial charge in [0, 0.05) is 0 Å². The molecule has 0 aromatic rings. The fraction of sp³-hybridized carbons (Fsp3) is 1.00. The predicted octanol–water partition coefficient (Wildman–Crippen LogP) is -0.452. The zero-order chi connectivity index (χ0) is 6.53. The van der Waals surface area contributed by atoms with Crippen LogP contribution in [0.3, 0.4) is 0 Å². The summed E-state index contributed by atoms with van der Waals surface area (Å²) in [5.41, 5.74) is 0. The van der Waals surface area contributed by atoms with Gasteiger partial charge in [-0.1, -0.05) is 0 Å². The van der Waals surface area contributed by atoms with Gasteiger partial charge in [0.25, 0.3) is 0 Å². The van der Waals surface area contributed by atoms with E-state index in [1.54, 1.807) is 0 Å². The van der Waals surface area contributed by atoms with Crippen LogP contribution in [0.4, 0.5) is 0 Å². The van der Waals surface area contributed by atoms with Crippen molar-refractivity contribution in [2.45, 2.75) is 43.1 Å². The quantitative estimate of drug-likeness (QED) is 0.467. The minimum atomic E-state index is 0. The van der Waals surface area contributed by atoms with E-state index in [4.69, 9.17) is 0 Å². The van der Waals surface area contributed by atoms with E-state index in [0.717, 1.165) is 5.92 Å². The molecule has 1 saturated carbocycles. The van der Waals surface area contributed by atoms with Crippen molar-refractivity contribution < 1.29 is 24.0 Å². The molecule has 0 aromatic carbocycles. The molecule has 0 N–H and O–H groups in total. The average molecular weight is 262 g/mol. The van der Waals surface area contributed by atoms with Crippen LogP contribution in [0, 0.1) is 5.92 Å². The van der Waals surface area contributed by atoms with Crippen LogP contribution in [-0.4, -0.2) is 21.7 Å². The third-order valence-electron chi connectivity index (χ3n) is 2.34. The third-order valence-corrected chi connectivity index (χ3v) is 2.75. The van der Waals surface area contributed by atoms with E-state index in [0.29, 0.717) is 0 Å². The number of hydrogen-bond acceptors (Lipinski definition) is 0. The topological polar surface area (TPSA) is 0 Å². The van der Waals surface area contributed by atoms with Gasteiger partial charge < -0.3 is 24.0 Å². The molecule has 0 radical (unpaired) electrons. The fourth-order valence-corrected chi connectivity index (χ4v) is 2.34. The van der Waals surface area contributed by atoms with Crippen molar-refractivity contribution in [1.82, 2.24) is 0 Å². The number of hydrogen-bond donors (Lipinski definition) is 0. The second-order valence-electron chi connectivity index (χ2n) is 3.15. The van der Waals surface area contributed by atoms with Gasteiger partial charge in [0.05, 0.1) is 0 Å².